The number of hydrogen-bond donors (Lipinski definition) is 0. The molecule has 1 rings (SSSR count). The highest BCUT2D eigenvalue weighted by Crippen LogP contribution is 2.21. The first-order valence-corrected chi connectivity index (χ1v) is 2.02. The van der Waals surface area contributed by atoms with Crippen LogP contribution in [0.25, 0.3) is 0 Å². The molecule has 2 heteroatoms. The summed E-state index contributed by atoms with van der Waals surface area (Å²) < 4.78 is 4.47. The predicted octanol–water partition coefficient (Wildman–Crippen LogP) is 0.322. The molecule has 1 aliphatic rings. The van der Waals surface area contributed by atoms with Gasteiger partial charge in [-0.25, -0.2) is 0 Å². The first-order valence-electron chi connectivity index (χ1n) is 2.02. The highest BCUT2D eigenvalue weighted by Gasteiger charge is 2.21. The van der Waals surface area contributed by atoms with Crippen LogP contribution in [0.4, 0.5) is 0 Å². The summed E-state index contributed by atoms with van der Waals surface area (Å²) in [6, 6.07) is 0. The zero-order valence-corrected chi connectivity index (χ0v) is 3.39. The average molecular weight is 86.1 g/mol. The highest BCUT2D eigenvalue weighted by molar-refractivity contribution is 5.37. The van der Waals surface area contributed by atoms with Crippen LogP contribution in [0, 0.1) is 0 Å². The molecule has 0 bridgehead atoms. The number of carbonyl (C=O) groups excluding carboxylic acids is 1. The molecule has 0 spiro atoms. The summed E-state index contributed by atoms with van der Waals surface area (Å²) in [6.07, 6.45) is 2.42. The van der Waals surface area contributed by atoms with Gasteiger partial charge in [-0.3, -0.25) is 4.79 Å². The third-order valence-corrected chi connectivity index (χ3v) is 0.772. The van der Waals surface area contributed by atoms with Crippen LogP contribution in [-0.2, 0) is 9.53 Å². The minimum absolute atomic E-state index is 0.280. The van der Waals surface area contributed by atoms with Gasteiger partial charge in [-0.2, -0.15) is 0 Å². The van der Waals surface area contributed by atoms with Crippen LogP contribution in [0.1, 0.15) is 12.8 Å². The lowest BCUT2D eigenvalue weighted by Crippen LogP contribution is -1.86. The van der Waals surface area contributed by atoms with Gasteiger partial charge in [0.2, 0.25) is 0 Å². The third kappa shape index (κ3) is 0.708. The molecular formula is C4H6O2. The molecule has 0 N–H and O–H groups in total. The number of hydrogen-bond acceptors (Lipinski definition) is 2. The molecule has 0 aromatic carbocycles. The zero-order chi connectivity index (χ0) is 4.41. The fourth-order valence-electron chi connectivity index (χ4n) is 0.283. The van der Waals surface area contributed by atoms with E-state index in [0.29, 0.717) is 6.47 Å². The molecule has 0 aromatic heterocycles. The van der Waals surface area contributed by atoms with Gasteiger partial charge in [0.05, 0.1) is 0 Å². The second-order valence-electron chi connectivity index (χ2n) is 1.43. The maximum Gasteiger partial charge on any atom is 0.293 e. The predicted molar refractivity (Wildman–Crippen MR) is 20.2 cm³/mol. The Bertz CT molecular complexity index is 56.6. The van der Waals surface area contributed by atoms with Gasteiger partial charge < -0.3 is 4.74 Å². The van der Waals surface area contributed by atoms with Crippen LogP contribution in [0.5, 0.6) is 0 Å². The van der Waals surface area contributed by atoms with E-state index >= 15 is 0 Å². The number of carbonyl (C=O) groups is 1. The van der Waals surface area contributed by atoms with E-state index in [9.17, 15) is 4.79 Å². The van der Waals surface area contributed by atoms with Gasteiger partial charge in [-0.05, 0) is 12.8 Å². The molecule has 6 heavy (non-hydrogen) atoms. The Hall–Kier alpha value is -0.530. The van der Waals surface area contributed by atoms with Crippen molar-refractivity contribution in [3.05, 3.63) is 0 Å². The summed E-state index contributed by atoms with van der Waals surface area (Å²) >= 11 is 0. The lowest BCUT2D eigenvalue weighted by molar-refractivity contribution is -0.129. The van der Waals surface area contributed by atoms with Gasteiger partial charge in [-0.1, -0.05) is 0 Å². The minimum atomic E-state index is 0.280. The zero-order valence-electron chi connectivity index (χ0n) is 3.39. The lowest BCUT2D eigenvalue weighted by atomic mass is 10.8. The van der Waals surface area contributed by atoms with Crippen LogP contribution in [0.3, 0.4) is 0 Å². The molecule has 0 radical (unpaired) electrons. The Balaban J connectivity index is 2.00. The molecule has 1 saturated carbocycles. The van der Waals surface area contributed by atoms with Crippen molar-refractivity contribution in [2.75, 3.05) is 0 Å². The summed E-state index contributed by atoms with van der Waals surface area (Å²) in [5, 5.41) is 0. The Morgan fingerprint density at radius 1 is 1.67 bits per heavy atom. The third-order valence-electron chi connectivity index (χ3n) is 0.772. The maximum atomic E-state index is 9.43. The van der Waals surface area contributed by atoms with E-state index in [1.165, 1.54) is 0 Å². The van der Waals surface area contributed by atoms with E-state index in [1.807, 2.05) is 0 Å². The summed E-state index contributed by atoms with van der Waals surface area (Å²) in [4.78, 5) is 9.43. The van der Waals surface area contributed by atoms with Crippen molar-refractivity contribution in [2.24, 2.45) is 0 Å². The molecule has 1 aliphatic carbocycles. The van der Waals surface area contributed by atoms with Crippen molar-refractivity contribution >= 4 is 6.47 Å². The van der Waals surface area contributed by atoms with Crippen molar-refractivity contribution in [2.45, 2.75) is 18.9 Å². The van der Waals surface area contributed by atoms with Crippen LogP contribution in [0.2, 0.25) is 0 Å². The monoisotopic (exact) mass is 86.0 g/mol. The van der Waals surface area contributed by atoms with Crippen LogP contribution in [-0.4, -0.2) is 12.6 Å². The summed E-state index contributed by atoms with van der Waals surface area (Å²) in [7, 11) is 0. The molecule has 0 aliphatic heterocycles. The van der Waals surface area contributed by atoms with Crippen molar-refractivity contribution in [1.82, 2.24) is 0 Å². The molecule has 0 amide bonds. The van der Waals surface area contributed by atoms with Crippen molar-refractivity contribution < 1.29 is 9.53 Å². The van der Waals surface area contributed by atoms with Crippen LogP contribution < -0.4 is 0 Å². The molecule has 0 atom stereocenters. The van der Waals surface area contributed by atoms with E-state index in [1.54, 1.807) is 0 Å². The Morgan fingerprint density at radius 3 is 2.50 bits per heavy atom. The summed E-state index contributed by atoms with van der Waals surface area (Å²) in [5.74, 6) is 0. The molecule has 0 saturated heterocycles. The number of rotatable bonds is 2. The van der Waals surface area contributed by atoms with Gasteiger partial charge in [0.1, 0.15) is 6.10 Å². The Kier molecular flexibility index (Phi) is 0.783. The molecular weight excluding hydrogens is 80.0 g/mol. The van der Waals surface area contributed by atoms with E-state index in [4.69, 9.17) is 0 Å². The smallest absolute Gasteiger partial charge is 0.293 e. The topological polar surface area (TPSA) is 26.3 Å². The molecule has 0 aromatic rings. The maximum absolute atomic E-state index is 9.43. The minimum Gasteiger partial charge on any atom is -0.465 e. The van der Waals surface area contributed by atoms with Gasteiger partial charge in [-0.15, -0.1) is 0 Å². The fourth-order valence-corrected chi connectivity index (χ4v) is 0.283. The molecule has 2 nitrogen and oxygen atoms in total. The molecule has 1 fully saturated rings. The molecule has 0 unspecified atom stereocenters. The largest absolute Gasteiger partial charge is 0.465 e. The fraction of sp³-hybridized carbons (Fsp3) is 0.750. The second kappa shape index (κ2) is 1.29. The van der Waals surface area contributed by atoms with Crippen LogP contribution in [0.15, 0.2) is 0 Å². The Morgan fingerprint density at radius 2 is 2.33 bits per heavy atom. The average Bonchev–Trinajstić information content (AvgIpc) is 2.21. The first-order chi connectivity index (χ1) is 2.93. The van der Waals surface area contributed by atoms with Crippen molar-refractivity contribution in [3.63, 3.8) is 0 Å². The normalized spacial score (nSPS) is 20.0. The molecule has 34 valence electrons. The van der Waals surface area contributed by atoms with E-state index in [-0.39, 0.29) is 6.10 Å². The standard InChI is InChI=1S/C4H6O2/c5-3-6-4-1-2-4/h3-4H,1-2H2. The van der Waals surface area contributed by atoms with Gasteiger partial charge in [0, 0.05) is 0 Å². The van der Waals surface area contributed by atoms with E-state index in [0.717, 1.165) is 12.8 Å². The first kappa shape index (κ1) is 3.65. The van der Waals surface area contributed by atoms with Crippen LogP contribution >= 0.6 is 0 Å². The van der Waals surface area contributed by atoms with E-state index < -0.39 is 0 Å². The number of ether oxygens (including phenoxy) is 1. The Labute approximate surface area is 36.1 Å². The van der Waals surface area contributed by atoms with Crippen molar-refractivity contribution in [1.29, 1.82) is 0 Å². The SMILES string of the molecule is O=COC1CC1. The van der Waals surface area contributed by atoms with Gasteiger partial charge in [0.15, 0.2) is 0 Å². The second-order valence-corrected chi connectivity index (χ2v) is 1.43. The van der Waals surface area contributed by atoms with E-state index in [2.05, 4.69) is 4.74 Å². The van der Waals surface area contributed by atoms with Gasteiger partial charge in [0.25, 0.3) is 6.47 Å². The van der Waals surface area contributed by atoms with Crippen molar-refractivity contribution in [3.8, 4) is 0 Å². The van der Waals surface area contributed by atoms with Gasteiger partial charge >= 0.3 is 0 Å². The molecule has 0 heterocycles. The summed E-state index contributed by atoms with van der Waals surface area (Å²) in [6.45, 7) is 0.512. The highest BCUT2D eigenvalue weighted by atomic mass is 16.5. The lowest BCUT2D eigenvalue weighted by Gasteiger charge is -1.83. The summed E-state index contributed by atoms with van der Waals surface area (Å²) in [5.41, 5.74) is 0. The quantitative estimate of drug-likeness (QED) is 0.452.